The Balaban J connectivity index is 2.81. The normalized spacial score (nSPS) is 11.1. The molecule has 4 nitrogen and oxygen atoms in total. The van der Waals surface area contributed by atoms with Crippen molar-refractivity contribution in [3.05, 3.63) is 34.4 Å². The van der Waals surface area contributed by atoms with E-state index in [1.165, 1.54) is 6.07 Å². The van der Waals surface area contributed by atoms with Crippen LogP contribution in [0.2, 0.25) is 0 Å². The minimum atomic E-state index is -0.111. The predicted molar refractivity (Wildman–Crippen MR) is 54.2 cm³/mol. The molecule has 0 fully saturated rings. The maximum absolute atomic E-state index is 11.1. The van der Waals surface area contributed by atoms with Gasteiger partial charge >= 0.3 is 0 Å². The van der Waals surface area contributed by atoms with E-state index in [1.54, 1.807) is 12.3 Å². The zero-order chi connectivity index (χ0) is 10.1. The van der Waals surface area contributed by atoms with Crippen molar-refractivity contribution in [1.82, 2.24) is 15.2 Å². The van der Waals surface area contributed by atoms with Crippen LogP contribution >= 0.6 is 0 Å². The summed E-state index contributed by atoms with van der Waals surface area (Å²) in [6.45, 7) is 4.10. The summed E-state index contributed by atoms with van der Waals surface area (Å²) >= 11 is 0. The molecule has 2 heterocycles. The minimum absolute atomic E-state index is 0.111. The fraction of sp³-hybridized carbons (Fsp3) is 0.300. The summed E-state index contributed by atoms with van der Waals surface area (Å²) in [4.78, 5) is 13.8. The molecule has 1 N–H and O–H groups in total. The number of H-pyrrole nitrogens is 1. The lowest BCUT2D eigenvalue weighted by molar-refractivity contribution is 0.797. The lowest BCUT2D eigenvalue weighted by Gasteiger charge is -2.06. The van der Waals surface area contributed by atoms with E-state index in [9.17, 15) is 4.79 Å². The van der Waals surface area contributed by atoms with Gasteiger partial charge in [-0.15, -0.1) is 0 Å². The highest BCUT2D eigenvalue weighted by atomic mass is 16.1. The lowest BCUT2D eigenvalue weighted by Crippen LogP contribution is -2.05. The summed E-state index contributed by atoms with van der Waals surface area (Å²) in [7, 11) is 0. The number of pyridine rings is 1. The second-order valence-electron chi connectivity index (χ2n) is 3.53. The van der Waals surface area contributed by atoms with Crippen molar-refractivity contribution in [2.45, 2.75) is 19.8 Å². The Morgan fingerprint density at radius 1 is 1.36 bits per heavy atom. The molecule has 0 aromatic carbocycles. The first-order chi connectivity index (χ1) is 6.68. The molecule has 0 bridgehead atoms. The molecule has 2 aromatic heterocycles. The van der Waals surface area contributed by atoms with Crippen molar-refractivity contribution in [1.29, 1.82) is 0 Å². The first-order valence-corrected chi connectivity index (χ1v) is 4.53. The van der Waals surface area contributed by atoms with E-state index in [4.69, 9.17) is 0 Å². The molecule has 2 aromatic rings. The summed E-state index contributed by atoms with van der Waals surface area (Å²) in [5, 5.41) is 8.89. The molecule has 14 heavy (non-hydrogen) atoms. The zero-order valence-corrected chi connectivity index (χ0v) is 8.11. The molecule has 0 spiro atoms. The number of aromatic nitrogens is 3. The van der Waals surface area contributed by atoms with Gasteiger partial charge in [0.15, 0.2) is 0 Å². The molecular formula is C10H11N3O. The number of aromatic amines is 1. The van der Waals surface area contributed by atoms with Crippen molar-refractivity contribution in [3.63, 3.8) is 0 Å². The van der Waals surface area contributed by atoms with Crippen LogP contribution in [-0.2, 0) is 0 Å². The van der Waals surface area contributed by atoms with E-state index >= 15 is 0 Å². The highest BCUT2D eigenvalue weighted by Gasteiger charge is 2.07. The van der Waals surface area contributed by atoms with Gasteiger partial charge in [-0.1, -0.05) is 13.8 Å². The third-order valence-electron chi connectivity index (χ3n) is 2.12. The van der Waals surface area contributed by atoms with Gasteiger partial charge in [0, 0.05) is 11.5 Å². The van der Waals surface area contributed by atoms with Gasteiger partial charge in [0.05, 0.1) is 17.4 Å². The standard InChI is InChI=1S/C10H11N3O/c1-6(2)10-7-3-4-9(14)12-8(7)5-11-13-10/h3-6H,1-2H3,(H,12,14). The van der Waals surface area contributed by atoms with Gasteiger partial charge in [0.1, 0.15) is 0 Å². The SMILES string of the molecule is CC(C)c1nncc2[nH]c(=O)ccc12. The lowest BCUT2D eigenvalue weighted by atomic mass is 10.1. The average Bonchev–Trinajstić information content (AvgIpc) is 2.16. The molecule has 0 unspecified atom stereocenters. The number of hydrogen-bond donors (Lipinski definition) is 1. The molecule has 72 valence electrons. The van der Waals surface area contributed by atoms with Crippen LogP contribution in [0.4, 0.5) is 0 Å². The second kappa shape index (κ2) is 3.21. The van der Waals surface area contributed by atoms with Crippen LogP contribution in [0.3, 0.4) is 0 Å². The highest BCUT2D eigenvalue weighted by Crippen LogP contribution is 2.19. The van der Waals surface area contributed by atoms with Crippen LogP contribution in [0.25, 0.3) is 10.9 Å². The quantitative estimate of drug-likeness (QED) is 0.738. The van der Waals surface area contributed by atoms with Crippen molar-refractivity contribution >= 4 is 10.9 Å². The van der Waals surface area contributed by atoms with E-state index in [0.29, 0.717) is 5.92 Å². The predicted octanol–water partition coefficient (Wildman–Crippen LogP) is 1.44. The molecule has 0 aliphatic rings. The largest absolute Gasteiger partial charge is 0.321 e. The van der Waals surface area contributed by atoms with Crippen molar-refractivity contribution in [2.24, 2.45) is 0 Å². The fourth-order valence-electron chi connectivity index (χ4n) is 1.44. The maximum atomic E-state index is 11.1. The smallest absolute Gasteiger partial charge is 0.248 e. The molecule has 4 heteroatoms. The average molecular weight is 189 g/mol. The van der Waals surface area contributed by atoms with Crippen LogP contribution in [0.15, 0.2) is 23.1 Å². The summed E-state index contributed by atoms with van der Waals surface area (Å²) in [6.07, 6.45) is 1.57. The van der Waals surface area contributed by atoms with Crippen LogP contribution < -0.4 is 5.56 Å². The molecule has 0 aliphatic carbocycles. The second-order valence-corrected chi connectivity index (χ2v) is 3.53. The Bertz CT molecular complexity index is 516. The number of nitrogens with zero attached hydrogens (tertiary/aromatic N) is 2. The Labute approximate surface area is 81.0 Å². The molecule has 2 rings (SSSR count). The van der Waals surface area contributed by atoms with Crippen molar-refractivity contribution in [3.8, 4) is 0 Å². The first kappa shape index (κ1) is 8.87. The molecule has 0 radical (unpaired) electrons. The van der Waals surface area contributed by atoms with Gasteiger partial charge in [-0.05, 0) is 12.0 Å². The number of fused-ring (bicyclic) bond motifs is 1. The fourth-order valence-corrected chi connectivity index (χ4v) is 1.44. The molecule has 0 saturated carbocycles. The van der Waals surface area contributed by atoms with E-state index in [0.717, 1.165) is 16.6 Å². The van der Waals surface area contributed by atoms with Crippen molar-refractivity contribution in [2.75, 3.05) is 0 Å². The molecule has 0 atom stereocenters. The zero-order valence-electron chi connectivity index (χ0n) is 8.11. The molecular weight excluding hydrogens is 178 g/mol. The Kier molecular flexibility index (Phi) is 2.04. The van der Waals surface area contributed by atoms with Gasteiger partial charge in [-0.2, -0.15) is 10.2 Å². The summed E-state index contributed by atoms with van der Waals surface area (Å²) < 4.78 is 0. The maximum Gasteiger partial charge on any atom is 0.248 e. The van der Waals surface area contributed by atoms with Crippen molar-refractivity contribution < 1.29 is 0 Å². The van der Waals surface area contributed by atoms with Gasteiger partial charge in [-0.25, -0.2) is 0 Å². The third kappa shape index (κ3) is 1.39. The van der Waals surface area contributed by atoms with Crippen LogP contribution in [0.1, 0.15) is 25.5 Å². The summed E-state index contributed by atoms with van der Waals surface area (Å²) in [5.74, 6) is 0.303. The minimum Gasteiger partial charge on any atom is -0.321 e. The Hall–Kier alpha value is -1.71. The summed E-state index contributed by atoms with van der Waals surface area (Å²) in [6, 6.07) is 3.30. The van der Waals surface area contributed by atoms with Crippen LogP contribution in [-0.4, -0.2) is 15.2 Å². The monoisotopic (exact) mass is 189 g/mol. The summed E-state index contributed by atoms with van der Waals surface area (Å²) in [5.41, 5.74) is 1.55. The first-order valence-electron chi connectivity index (χ1n) is 4.53. The van der Waals surface area contributed by atoms with E-state index in [2.05, 4.69) is 29.0 Å². The Morgan fingerprint density at radius 2 is 2.14 bits per heavy atom. The highest BCUT2D eigenvalue weighted by molar-refractivity contribution is 5.79. The molecule has 0 amide bonds. The van der Waals surface area contributed by atoms with Crippen LogP contribution in [0, 0.1) is 0 Å². The third-order valence-corrected chi connectivity index (χ3v) is 2.12. The number of nitrogens with one attached hydrogen (secondary N) is 1. The van der Waals surface area contributed by atoms with E-state index < -0.39 is 0 Å². The molecule has 0 saturated heterocycles. The van der Waals surface area contributed by atoms with Gasteiger partial charge in [0.2, 0.25) is 5.56 Å². The van der Waals surface area contributed by atoms with E-state index in [-0.39, 0.29) is 5.56 Å². The molecule has 0 aliphatic heterocycles. The van der Waals surface area contributed by atoms with Gasteiger partial charge in [0.25, 0.3) is 0 Å². The van der Waals surface area contributed by atoms with Gasteiger partial charge < -0.3 is 4.98 Å². The Morgan fingerprint density at radius 3 is 2.86 bits per heavy atom. The number of hydrogen-bond acceptors (Lipinski definition) is 3. The van der Waals surface area contributed by atoms with Crippen LogP contribution in [0.5, 0.6) is 0 Å². The van der Waals surface area contributed by atoms with E-state index in [1.807, 2.05) is 0 Å². The van der Waals surface area contributed by atoms with Gasteiger partial charge in [-0.3, -0.25) is 4.79 Å². The number of rotatable bonds is 1. The topological polar surface area (TPSA) is 58.6 Å².